The van der Waals surface area contributed by atoms with Gasteiger partial charge in [0.05, 0.1) is 11.7 Å². The minimum absolute atomic E-state index is 0.588. The molecule has 4 rings (SSSR count). The molecule has 1 saturated heterocycles. The molecule has 0 spiro atoms. The van der Waals surface area contributed by atoms with Crippen LogP contribution in [0.25, 0.3) is 21.9 Å². The lowest BCUT2D eigenvalue weighted by Crippen LogP contribution is -2.29. The molecule has 3 aromatic heterocycles. The Morgan fingerprint density at radius 3 is 3.23 bits per heavy atom. The van der Waals surface area contributed by atoms with E-state index in [4.69, 9.17) is 0 Å². The maximum absolute atomic E-state index is 4.44. The van der Waals surface area contributed by atoms with Gasteiger partial charge in [-0.1, -0.05) is 18.9 Å². The van der Waals surface area contributed by atoms with Gasteiger partial charge in [0.15, 0.2) is 5.65 Å². The number of fused-ring (bicyclic) bond motifs is 3. The molecule has 0 saturated carbocycles. The first kappa shape index (κ1) is 14.0. The zero-order valence-electron chi connectivity index (χ0n) is 12.7. The fraction of sp³-hybridized carbons (Fsp3) is 0.412. The van der Waals surface area contributed by atoms with Gasteiger partial charge in [0.1, 0.15) is 0 Å². The summed E-state index contributed by atoms with van der Waals surface area (Å²) in [6.07, 6.45) is 8.35. The van der Waals surface area contributed by atoms with Crippen molar-refractivity contribution in [1.29, 1.82) is 0 Å². The van der Waals surface area contributed by atoms with Crippen LogP contribution in [0.2, 0.25) is 0 Å². The standard InChI is InChI=1S/C17H20N4S/c1-2-22-21-9-3-4-12(11-21)13-5-7-18-15-10-20-17-14(16(13)15)6-8-19-17/h5-8,10,12,18H,2-4,9,11H2,1H3. The van der Waals surface area contributed by atoms with Crippen LogP contribution >= 0.6 is 11.9 Å². The maximum atomic E-state index is 4.44. The van der Waals surface area contributed by atoms with Crippen LogP contribution < -0.4 is 0 Å². The first-order valence-corrected chi connectivity index (χ1v) is 8.89. The average Bonchev–Trinajstić information content (AvgIpc) is 3.04. The first-order valence-electron chi connectivity index (χ1n) is 7.95. The van der Waals surface area contributed by atoms with Crippen LogP contribution in [0.5, 0.6) is 0 Å². The molecule has 4 heterocycles. The summed E-state index contributed by atoms with van der Waals surface area (Å²) in [5.74, 6) is 1.74. The van der Waals surface area contributed by atoms with E-state index < -0.39 is 0 Å². The number of piperidine rings is 1. The Morgan fingerprint density at radius 1 is 1.36 bits per heavy atom. The van der Waals surface area contributed by atoms with Crippen LogP contribution in [0.4, 0.5) is 0 Å². The molecular weight excluding hydrogens is 292 g/mol. The second kappa shape index (κ2) is 5.89. The molecule has 1 unspecified atom stereocenters. The van der Waals surface area contributed by atoms with Crippen LogP contribution in [-0.4, -0.2) is 38.1 Å². The number of H-pyrrole nitrogens is 1. The van der Waals surface area contributed by atoms with Crippen molar-refractivity contribution < 1.29 is 0 Å². The first-order chi connectivity index (χ1) is 10.9. The van der Waals surface area contributed by atoms with Crippen LogP contribution in [0, 0.1) is 0 Å². The number of aromatic amines is 1. The van der Waals surface area contributed by atoms with Crippen molar-refractivity contribution in [2.75, 3.05) is 18.8 Å². The molecule has 3 aromatic rings. The van der Waals surface area contributed by atoms with Gasteiger partial charge in [-0.3, -0.25) is 4.31 Å². The molecule has 0 radical (unpaired) electrons. The second-order valence-corrected chi connectivity index (χ2v) is 7.16. The molecule has 0 bridgehead atoms. The summed E-state index contributed by atoms with van der Waals surface area (Å²) in [5, 5.41) is 2.47. The van der Waals surface area contributed by atoms with Crippen molar-refractivity contribution in [3.05, 3.63) is 36.3 Å². The van der Waals surface area contributed by atoms with Crippen LogP contribution in [0.1, 0.15) is 31.2 Å². The summed E-state index contributed by atoms with van der Waals surface area (Å²) >= 11 is 1.96. The minimum Gasteiger partial charge on any atom is -0.360 e. The van der Waals surface area contributed by atoms with Gasteiger partial charge < -0.3 is 4.98 Å². The van der Waals surface area contributed by atoms with E-state index in [-0.39, 0.29) is 0 Å². The van der Waals surface area contributed by atoms with E-state index in [2.05, 4.69) is 38.3 Å². The number of hydrogen-bond acceptors (Lipinski definition) is 4. The highest BCUT2D eigenvalue weighted by Gasteiger charge is 2.23. The summed E-state index contributed by atoms with van der Waals surface area (Å²) in [4.78, 5) is 12.1. The van der Waals surface area contributed by atoms with Gasteiger partial charge in [-0.05, 0) is 36.5 Å². The Hall–Kier alpha value is -1.59. The molecular formula is C17H20N4S. The third-order valence-corrected chi connectivity index (χ3v) is 5.41. The molecule has 0 amide bonds. The normalized spacial score (nSPS) is 20.0. The number of pyridine rings is 2. The summed E-state index contributed by atoms with van der Waals surface area (Å²) in [5.41, 5.74) is 3.40. The van der Waals surface area contributed by atoms with E-state index in [1.165, 1.54) is 35.7 Å². The van der Waals surface area contributed by atoms with Gasteiger partial charge in [-0.15, -0.1) is 0 Å². The van der Waals surface area contributed by atoms with Gasteiger partial charge in [-0.25, -0.2) is 9.97 Å². The number of nitrogens with one attached hydrogen (secondary N) is 1. The number of hydrogen-bond donors (Lipinski definition) is 1. The molecule has 1 aliphatic heterocycles. The minimum atomic E-state index is 0.588. The van der Waals surface area contributed by atoms with E-state index in [9.17, 15) is 0 Å². The summed E-state index contributed by atoms with van der Waals surface area (Å²) < 4.78 is 2.53. The number of nitrogens with zero attached hydrogens (tertiary/aromatic N) is 3. The third-order valence-electron chi connectivity index (χ3n) is 4.46. The Balaban J connectivity index is 1.82. The molecule has 0 aliphatic carbocycles. The average molecular weight is 312 g/mol. The molecule has 5 heteroatoms. The van der Waals surface area contributed by atoms with Crippen molar-refractivity contribution in [3.8, 4) is 0 Å². The van der Waals surface area contributed by atoms with E-state index in [0.29, 0.717) is 5.92 Å². The quantitative estimate of drug-likeness (QED) is 0.744. The molecule has 1 N–H and O–H groups in total. The van der Waals surface area contributed by atoms with Gasteiger partial charge in [0.2, 0.25) is 0 Å². The fourth-order valence-electron chi connectivity index (χ4n) is 3.52. The molecule has 22 heavy (non-hydrogen) atoms. The molecule has 1 atom stereocenters. The fourth-order valence-corrected chi connectivity index (χ4v) is 4.43. The summed E-state index contributed by atoms with van der Waals surface area (Å²) in [6, 6.07) is 4.34. The van der Waals surface area contributed by atoms with Crippen molar-refractivity contribution >= 4 is 33.9 Å². The van der Waals surface area contributed by atoms with Gasteiger partial charge in [0.25, 0.3) is 0 Å². The highest BCUT2D eigenvalue weighted by Crippen LogP contribution is 2.35. The summed E-state index contributed by atoms with van der Waals surface area (Å²) in [6.45, 7) is 4.57. The molecule has 4 nitrogen and oxygen atoms in total. The van der Waals surface area contributed by atoms with Gasteiger partial charge >= 0.3 is 0 Å². The molecule has 0 aromatic carbocycles. The topological polar surface area (TPSA) is 44.8 Å². The lowest BCUT2D eigenvalue weighted by Gasteiger charge is -2.32. The Kier molecular flexibility index (Phi) is 3.76. The summed E-state index contributed by atoms with van der Waals surface area (Å²) in [7, 11) is 0. The highest BCUT2D eigenvalue weighted by molar-refractivity contribution is 7.96. The number of aromatic nitrogens is 3. The second-order valence-electron chi connectivity index (χ2n) is 5.81. The molecule has 114 valence electrons. The lowest BCUT2D eigenvalue weighted by atomic mass is 9.89. The predicted molar refractivity (Wildman–Crippen MR) is 93.1 cm³/mol. The zero-order chi connectivity index (χ0) is 14.9. The third kappa shape index (κ3) is 2.38. The Morgan fingerprint density at radius 2 is 2.32 bits per heavy atom. The van der Waals surface area contributed by atoms with E-state index in [1.54, 1.807) is 0 Å². The van der Waals surface area contributed by atoms with Crippen molar-refractivity contribution in [3.63, 3.8) is 0 Å². The SMILES string of the molecule is CCSN1CCCC(c2cc[nH]c3cnc4nccc4c23)C1. The maximum Gasteiger partial charge on any atom is 0.159 e. The highest BCUT2D eigenvalue weighted by atomic mass is 32.2. The van der Waals surface area contributed by atoms with E-state index in [1.807, 2.05) is 30.5 Å². The van der Waals surface area contributed by atoms with Gasteiger partial charge in [-0.2, -0.15) is 0 Å². The monoisotopic (exact) mass is 312 g/mol. The van der Waals surface area contributed by atoms with E-state index >= 15 is 0 Å². The number of rotatable bonds is 3. The lowest BCUT2D eigenvalue weighted by molar-refractivity contribution is 0.344. The van der Waals surface area contributed by atoms with Crippen molar-refractivity contribution in [2.24, 2.45) is 0 Å². The van der Waals surface area contributed by atoms with Crippen LogP contribution in [-0.2, 0) is 0 Å². The Labute approximate surface area is 134 Å². The van der Waals surface area contributed by atoms with Crippen molar-refractivity contribution in [2.45, 2.75) is 25.7 Å². The van der Waals surface area contributed by atoms with Gasteiger partial charge in [0, 0.05) is 42.0 Å². The predicted octanol–water partition coefficient (Wildman–Crippen LogP) is 3.96. The largest absolute Gasteiger partial charge is 0.360 e. The van der Waals surface area contributed by atoms with Crippen LogP contribution in [0.3, 0.4) is 0 Å². The molecule has 1 fully saturated rings. The smallest absolute Gasteiger partial charge is 0.159 e. The van der Waals surface area contributed by atoms with Crippen LogP contribution in [0.15, 0.2) is 30.7 Å². The Bertz CT molecular complexity index is 796. The zero-order valence-corrected chi connectivity index (χ0v) is 13.6. The van der Waals surface area contributed by atoms with Crippen molar-refractivity contribution in [1.82, 2.24) is 19.3 Å². The van der Waals surface area contributed by atoms with E-state index in [0.717, 1.165) is 23.5 Å². The molecule has 1 aliphatic rings.